The van der Waals surface area contributed by atoms with Gasteiger partial charge in [0.05, 0.1) is 0 Å². The highest BCUT2D eigenvalue weighted by Crippen LogP contribution is 2.65. The van der Waals surface area contributed by atoms with Crippen molar-refractivity contribution in [1.82, 2.24) is 5.32 Å². The van der Waals surface area contributed by atoms with E-state index in [-0.39, 0.29) is 0 Å². The quantitative estimate of drug-likeness (QED) is 0.744. The predicted molar refractivity (Wildman–Crippen MR) is 97.8 cm³/mol. The van der Waals surface area contributed by atoms with E-state index in [0.29, 0.717) is 0 Å². The molecule has 5 saturated carbocycles. The van der Waals surface area contributed by atoms with Gasteiger partial charge in [0.2, 0.25) is 0 Å². The van der Waals surface area contributed by atoms with Crippen molar-refractivity contribution in [3.63, 3.8) is 0 Å². The zero-order valence-corrected chi connectivity index (χ0v) is 14.8. The molecule has 0 aromatic heterocycles. The summed E-state index contributed by atoms with van der Waals surface area (Å²) >= 11 is 0. The van der Waals surface area contributed by atoms with Crippen LogP contribution in [0.2, 0.25) is 0 Å². The van der Waals surface area contributed by atoms with E-state index in [4.69, 9.17) is 0 Å². The van der Waals surface area contributed by atoms with Gasteiger partial charge >= 0.3 is 0 Å². The van der Waals surface area contributed by atoms with Crippen LogP contribution in [0.15, 0.2) is 24.3 Å². The minimum absolute atomic E-state index is 0.756. The first kappa shape index (κ1) is 14.4. The molecule has 0 saturated heterocycles. The Kier molecular flexibility index (Phi) is 3.05. The summed E-state index contributed by atoms with van der Waals surface area (Å²) in [6.07, 6.45) is 13.9. The normalized spacial score (nSPS) is 48.8. The van der Waals surface area contributed by atoms with Gasteiger partial charge in [-0.25, -0.2) is 0 Å². The van der Waals surface area contributed by atoms with E-state index in [2.05, 4.69) is 29.6 Å². The van der Waals surface area contributed by atoms with Gasteiger partial charge in [-0.2, -0.15) is 0 Å². The Morgan fingerprint density at radius 3 is 2.29 bits per heavy atom. The second kappa shape index (κ2) is 5.10. The largest absolute Gasteiger partial charge is 0.309 e. The van der Waals surface area contributed by atoms with Crippen LogP contribution in [-0.2, 0) is 6.54 Å². The molecule has 128 valence electrons. The lowest BCUT2D eigenvalue weighted by atomic mass is 9.44. The van der Waals surface area contributed by atoms with E-state index in [1.807, 2.05) is 0 Å². The maximum atomic E-state index is 3.94. The Hall–Kier alpha value is -0.820. The van der Waals surface area contributed by atoms with Crippen LogP contribution in [0.1, 0.15) is 74.8 Å². The van der Waals surface area contributed by atoms with Crippen LogP contribution >= 0.6 is 0 Å². The molecule has 0 amide bonds. The Morgan fingerprint density at radius 2 is 1.54 bits per heavy atom. The summed E-state index contributed by atoms with van der Waals surface area (Å²) in [5, 5.41) is 3.94. The number of hydrogen-bond acceptors (Lipinski definition) is 1. The highest BCUT2D eigenvalue weighted by Gasteiger charge is 2.55. The summed E-state index contributed by atoms with van der Waals surface area (Å²) in [6.45, 7) is 1.10. The summed E-state index contributed by atoms with van der Waals surface area (Å²) in [5.74, 6) is 5.13. The zero-order chi connectivity index (χ0) is 15.7. The summed E-state index contributed by atoms with van der Waals surface area (Å²) in [7, 11) is 0. The first-order valence-corrected chi connectivity index (χ1v) is 10.6. The molecule has 0 spiro atoms. The highest BCUT2D eigenvalue weighted by molar-refractivity contribution is 5.34. The molecule has 1 heteroatoms. The standard InChI is InChI=1S/C23H31N/c1-2-4-20-18(3-1)14-24-22-10-19(5-6-21(20)22)23-11-15-7-16(12-23)9-17(8-15)13-23/h1-4,15-17,19,21-22,24H,5-14H2. The van der Waals surface area contributed by atoms with Gasteiger partial charge in [-0.05, 0) is 104 Å². The van der Waals surface area contributed by atoms with E-state index in [0.717, 1.165) is 47.6 Å². The predicted octanol–water partition coefficient (Wildman–Crippen LogP) is 5.26. The average molecular weight is 322 g/mol. The van der Waals surface area contributed by atoms with Gasteiger partial charge in [-0.1, -0.05) is 24.3 Å². The van der Waals surface area contributed by atoms with Crippen molar-refractivity contribution < 1.29 is 0 Å². The number of hydrogen-bond donors (Lipinski definition) is 1. The summed E-state index contributed by atoms with van der Waals surface area (Å²) in [5.41, 5.74) is 4.00. The molecule has 7 rings (SSSR count). The van der Waals surface area contributed by atoms with Crippen molar-refractivity contribution in [1.29, 1.82) is 0 Å². The third kappa shape index (κ3) is 2.03. The van der Waals surface area contributed by atoms with E-state index in [1.165, 1.54) is 19.3 Å². The van der Waals surface area contributed by atoms with Crippen molar-refractivity contribution in [2.75, 3.05) is 0 Å². The fourth-order valence-electron chi connectivity index (χ4n) is 8.30. The Bertz CT molecular complexity index is 612. The monoisotopic (exact) mass is 321 g/mol. The van der Waals surface area contributed by atoms with Gasteiger partial charge in [0.15, 0.2) is 0 Å². The zero-order valence-electron chi connectivity index (χ0n) is 14.8. The van der Waals surface area contributed by atoms with E-state index < -0.39 is 0 Å². The van der Waals surface area contributed by atoms with E-state index in [1.54, 1.807) is 49.7 Å². The lowest BCUT2D eigenvalue weighted by Gasteiger charge is -2.61. The van der Waals surface area contributed by atoms with Gasteiger partial charge < -0.3 is 5.32 Å². The summed E-state index contributed by atoms with van der Waals surface area (Å²) in [4.78, 5) is 0. The number of fused-ring (bicyclic) bond motifs is 3. The average Bonchev–Trinajstić information content (AvgIpc) is 2.60. The number of nitrogens with one attached hydrogen (secondary N) is 1. The van der Waals surface area contributed by atoms with Crippen molar-refractivity contribution in [2.24, 2.45) is 29.1 Å². The van der Waals surface area contributed by atoms with Crippen molar-refractivity contribution in [2.45, 2.75) is 76.3 Å². The van der Waals surface area contributed by atoms with Crippen molar-refractivity contribution in [3.8, 4) is 0 Å². The van der Waals surface area contributed by atoms with Gasteiger partial charge in [0.25, 0.3) is 0 Å². The first-order chi connectivity index (χ1) is 11.8. The van der Waals surface area contributed by atoms with Crippen LogP contribution in [0.3, 0.4) is 0 Å². The lowest BCUT2D eigenvalue weighted by molar-refractivity contribution is -0.0989. The summed E-state index contributed by atoms with van der Waals surface area (Å²) in [6, 6.07) is 9.98. The molecule has 0 radical (unpaired) electrons. The fraction of sp³-hybridized carbons (Fsp3) is 0.739. The van der Waals surface area contributed by atoms with Crippen LogP contribution in [0.25, 0.3) is 0 Å². The summed E-state index contributed by atoms with van der Waals surface area (Å²) < 4.78 is 0. The number of benzene rings is 1. The molecular weight excluding hydrogens is 290 g/mol. The second-order valence-corrected chi connectivity index (χ2v) is 10.1. The molecule has 5 aliphatic carbocycles. The maximum absolute atomic E-state index is 3.94. The molecule has 1 heterocycles. The third-order valence-corrected chi connectivity index (χ3v) is 8.81. The van der Waals surface area contributed by atoms with E-state index in [9.17, 15) is 0 Å². The molecule has 6 aliphatic rings. The molecule has 1 N–H and O–H groups in total. The number of rotatable bonds is 1. The van der Waals surface area contributed by atoms with Crippen molar-refractivity contribution in [3.05, 3.63) is 35.4 Å². The van der Waals surface area contributed by atoms with Crippen LogP contribution in [0.5, 0.6) is 0 Å². The van der Waals surface area contributed by atoms with Crippen molar-refractivity contribution >= 4 is 0 Å². The van der Waals surface area contributed by atoms with Crippen LogP contribution in [0.4, 0.5) is 0 Å². The first-order valence-electron chi connectivity index (χ1n) is 10.6. The van der Waals surface area contributed by atoms with E-state index >= 15 is 0 Å². The topological polar surface area (TPSA) is 12.0 Å². The van der Waals surface area contributed by atoms with Crippen LogP contribution in [-0.4, -0.2) is 6.04 Å². The van der Waals surface area contributed by atoms with Crippen LogP contribution in [0, 0.1) is 29.1 Å². The Morgan fingerprint density at radius 1 is 0.833 bits per heavy atom. The second-order valence-electron chi connectivity index (χ2n) is 10.1. The molecule has 3 atom stereocenters. The highest BCUT2D eigenvalue weighted by atomic mass is 14.9. The fourth-order valence-corrected chi connectivity index (χ4v) is 8.30. The van der Waals surface area contributed by atoms with Gasteiger partial charge in [0, 0.05) is 12.6 Å². The van der Waals surface area contributed by atoms with Gasteiger partial charge in [-0.15, -0.1) is 0 Å². The SMILES string of the molecule is c1ccc2c(c1)CNC1CC(C34CC5CC(CC(C5)C3)C4)CCC21. The smallest absolute Gasteiger partial charge is 0.0211 e. The minimum Gasteiger partial charge on any atom is -0.309 e. The Labute approximate surface area is 146 Å². The molecule has 1 aromatic carbocycles. The van der Waals surface area contributed by atoms with Crippen LogP contribution < -0.4 is 5.32 Å². The molecule has 3 unspecified atom stereocenters. The molecule has 1 aromatic rings. The third-order valence-electron chi connectivity index (χ3n) is 8.81. The molecule has 4 bridgehead atoms. The molecule has 1 aliphatic heterocycles. The van der Waals surface area contributed by atoms with Gasteiger partial charge in [0.1, 0.15) is 0 Å². The molecular formula is C23H31N. The lowest BCUT2D eigenvalue weighted by Crippen LogP contribution is -2.53. The Balaban J connectivity index is 1.27. The maximum Gasteiger partial charge on any atom is 0.0211 e. The molecule has 5 fully saturated rings. The minimum atomic E-state index is 0.756. The molecule has 1 nitrogen and oxygen atoms in total. The van der Waals surface area contributed by atoms with Gasteiger partial charge in [-0.3, -0.25) is 0 Å². The molecule has 24 heavy (non-hydrogen) atoms.